The van der Waals surface area contributed by atoms with Gasteiger partial charge in [-0.25, -0.2) is 0 Å². The van der Waals surface area contributed by atoms with E-state index < -0.39 is 0 Å². The fourth-order valence-electron chi connectivity index (χ4n) is 3.29. The highest BCUT2D eigenvalue weighted by molar-refractivity contribution is 5.27. The minimum atomic E-state index is -0.317. The molecule has 0 amide bonds. The van der Waals surface area contributed by atoms with E-state index in [4.69, 9.17) is 4.74 Å². The van der Waals surface area contributed by atoms with Crippen LogP contribution in [0.25, 0.3) is 0 Å². The summed E-state index contributed by atoms with van der Waals surface area (Å²) in [5.41, 5.74) is 1.05. The second-order valence-corrected chi connectivity index (χ2v) is 5.98. The molecule has 0 radical (unpaired) electrons. The smallest absolute Gasteiger partial charge is 0.0915 e. The first-order valence-electron chi connectivity index (χ1n) is 7.08. The van der Waals surface area contributed by atoms with Gasteiger partial charge in [0.2, 0.25) is 0 Å². The maximum atomic E-state index is 10.6. The molecule has 2 nitrogen and oxygen atoms in total. The van der Waals surface area contributed by atoms with Gasteiger partial charge in [0, 0.05) is 6.61 Å². The molecule has 0 aromatic heterocycles. The monoisotopic (exact) mass is 246 g/mol. The van der Waals surface area contributed by atoms with Crippen LogP contribution in [0.1, 0.15) is 44.1 Å². The van der Waals surface area contributed by atoms with Gasteiger partial charge in [-0.1, -0.05) is 30.3 Å². The highest BCUT2D eigenvalue weighted by Gasteiger charge is 2.51. The van der Waals surface area contributed by atoms with Gasteiger partial charge in [0.1, 0.15) is 0 Å². The van der Waals surface area contributed by atoms with Crippen LogP contribution in [-0.2, 0) is 4.74 Å². The molecular weight excluding hydrogens is 224 g/mol. The molecule has 2 aliphatic rings. The summed E-state index contributed by atoms with van der Waals surface area (Å²) in [6.45, 7) is 2.88. The van der Waals surface area contributed by atoms with Crippen molar-refractivity contribution in [2.45, 2.75) is 50.2 Å². The van der Waals surface area contributed by atoms with Crippen LogP contribution < -0.4 is 0 Å². The Bertz CT molecular complexity index is 395. The number of hydrogen-bond acceptors (Lipinski definition) is 2. The van der Waals surface area contributed by atoms with Gasteiger partial charge in [-0.3, -0.25) is 0 Å². The van der Waals surface area contributed by atoms with E-state index in [9.17, 15) is 5.11 Å². The normalized spacial score (nSPS) is 37.2. The molecule has 1 heterocycles. The molecule has 1 N–H and O–H groups in total. The Labute approximate surface area is 109 Å². The van der Waals surface area contributed by atoms with Crippen molar-refractivity contribution in [2.24, 2.45) is 5.92 Å². The lowest BCUT2D eigenvalue weighted by atomic mass is 9.86. The molecule has 1 aromatic carbocycles. The van der Waals surface area contributed by atoms with Gasteiger partial charge < -0.3 is 9.84 Å². The first-order valence-corrected chi connectivity index (χ1v) is 7.08. The lowest BCUT2D eigenvalue weighted by Crippen LogP contribution is -2.46. The van der Waals surface area contributed by atoms with Crippen molar-refractivity contribution in [1.29, 1.82) is 0 Å². The van der Waals surface area contributed by atoms with Gasteiger partial charge in [-0.05, 0) is 50.0 Å². The standard InChI is InChI=1S/C16H22O2/c1-16(9-5-6-10-18-16)15(17)14-11-13(14)12-7-3-2-4-8-12/h2-4,7-8,13-15,17H,5-6,9-11H2,1H3. The zero-order chi connectivity index (χ0) is 12.6. The van der Waals surface area contributed by atoms with Crippen LogP contribution in [0.15, 0.2) is 30.3 Å². The Balaban J connectivity index is 1.67. The number of aliphatic hydroxyl groups is 1. The van der Waals surface area contributed by atoms with Gasteiger partial charge in [-0.2, -0.15) is 0 Å². The highest BCUT2D eigenvalue weighted by Crippen LogP contribution is 2.52. The zero-order valence-corrected chi connectivity index (χ0v) is 11.0. The molecule has 1 saturated heterocycles. The van der Waals surface area contributed by atoms with Crippen molar-refractivity contribution in [3.63, 3.8) is 0 Å². The van der Waals surface area contributed by atoms with Crippen molar-refractivity contribution < 1.29 is 9.84 Å². The number of ether oxygens (including phenoxy) is 1. The summed E-state index contributed by atoms with van der Waals surface area (Å²) >= 11 is 0. The van der Waals surface area contributed by atoms with Crippen LogP contribution in [0.2, 0.25) is 0 Å². The second-order valence-electron chi connectivity index (χ2n) is 5.98. The minimum absolute atomic E-state index is 0.313. The Morgan fingerprint density at radius 3 is 2.72 bits per heavy atom. The molecule has 98 valence electrons. The fourth-order valence-corrected chi connectivity index (χ4v) is 3.29. The molecule has 1 aliphatic carbocycles. The van der Waals surface area contributed by atoms with Crippen LogP contribution >= 0.6 is 0 Å². The van der Waals surface area contributed by atoms with E-state index in [0.717, 1.165) is 25.9 Å². The Hall–Kier alpha value is -0.860. The third-order valence-corrected chi connectivity index (χ3v) is 4.60. The summed E-state index contributed by atoms with van der Waals surface area (Å²) in [5.74, 6) is 0.916. The largest absolute Gasteiger partial charge is 0.390 e. The summed E-state index contributed by atoms with van der Waals surface area (Å²) in [5, 5.41) is 10.6. The van der Waals surface area contributed by atoms with Gasteiger partial charge in [-0.15, -0.1) is 0 Å². The third kappa shape index (κ3) is 2.19. The predicted molar refractivity (Wildman–Crippen MR) is 71.5 cm³/mol. The fraction of sp³-hybridized carbons (Fsp3) is 0.625. The van der Waals surface area contributed by atoms with Gasteiger partial charge >= 0.3 is 0 Å². The molecule has 18 heavy (non-hydrogen) atoms. The molecule has 1 saturated carbocycles. The van der Waals surface area contributed by atoms with Crippen LogP contribution in [-0.4, -0.2) is 23.4 Å². The average Bonchev–Trinajstić information content (AvgIpc) is 3.20. The Morgan fingerprint density at radius 2 is 2.06 bits per heavy atom. The molecule has 4 unspecified atom stereocenters. The van der Waals surface area contributed by atoms with E-state index in [1.165, 1.54) is 12.0 Å². The summed E-state index contributed by atoms with van der Waals surface area (Å²) in [6.07, 6.45) is 4.09. The lowest BCUT2D eigenvalue weighted by Gasteiger charge is -2.38. The number of aliphatic hydroxyl groups excluding tert-OH is 1. The summed E-state index contributed by atoms with van der Waals surface area (Å²) in [6, 6.07) is 10.5. The summed E-state index contributed by atoms with van der Waals surface area (Å²) < 4.78 is 5.86. The van der Waals surface area contributed by atoms with Crippen LogP contribution in [0, 0.1) is 5.92 Å². The van der Waals surface area contributed by atoms with E-state index in [1.807, 2.05) is 6.07 Å². The predicted octanol–water partition coefficient (Wildman–Crippen LogP) is 3.11. The quantitative estimate of drug-likeness (QED) is 0.888. The van der Waals surface area contributed by atoms with Crippen molar-refractivity contribution in [3.05, 3.63) is 35.9 Å². The van der Waals surface area contributed by atoms with Crippen molar-refractivity contribution in [1.82, 2.24) is 0 Å². The van der Waals surface area contributed by atoms with Crippen LogP contribution in [0.4, 0.5) is 0 Å². The zero-order valence-electron chi connectivity index (χ0n) is 11.0. The van der Waals surface area contributed by atoms with Gasteiger partial charge in [0.15, 0.2) is 0 Å². The Kier molecular flexibility index (Phi) is 3.16. The molecule has 0 bridgehead atoms. The number of rotatable bonds is 3. The van der Waals surface area contributed by atoms with E-state index in [-0.39, 0.29) is 11.7 Å². The molecule has 1 aromatic rings. The maximum Gasteiger partial charge on any atom is 0.0915 e. The average molecular weight is 246 g/mol. The second kappa shape index (κ2) is 4.67. The van der Waals surface area contributed by atoms with E-state index in [1.54, 1.807) is 0 Å². The summed E-state index contributed by atoms with van der Waals surface area (Å²) in [7, 11) is 0. The number of benzene rings is 1. The lowest BCUT2D eigenvalue weighted by molar-refractivity contribution is -0.143. The molecule has 2 heteroatoms. The Morgan fingerprint density at radius 1 is 1.28 bits per heavy atom. The molecule has 4 atom stereocenters. The number of hydrogen-bond donors (Lipinski definition) is 1. The van der Waals surface area contributed by atoms with Gasteiger partial charge in [0.25, 0.3) is 0 Å². The molecular formula is C16H22O2. The first-order chi connectivity index (χ1) is 8.71. The maximum absolute atomic E-state index is 10.6. The third-order valence-electron chi connectivity index (χ3n) is 4.60. The van der Waals surface area contributed by atoms with E-state index >= 15 is 0 Å². The molecule has 1 aliphatic heterocycles. The van der Waals surface area contributed by atoms with E-state index in [2.05, 4.69) is 31.2 Å². The SMILES string of the molecule is CC1(C(O)C2CC2c2ccccc2)CCCCO1. The topological polar surface area (TPSA) is 29.5 Å². The molecule has 3 rings (SSSR count). The van der Waals surface area contributed by atoms with Crippen molar-refractivity contribution in [3.8, 4) is 0 Å². The highest BCUT2D eigenvalue weighted by atomic mass is 16.5. The molecule has 2 fully saturated rings. The van der Waals surface area contributed by atoms with Crippen LogP contribution in [0.3, 0.4) is 0 Å². The molecule has 0 spiro atoms. The van der Waals surface area contributed by atoms with Gasteiger partial charge in [0.05, 0.1) is 11.7 Å². The van der Waals surface area contributed by atoms with Crippen molar-refractivity contribution >= 4 is 0 Å². The van der Waals surface area contributed by atoms with E-state index in [0.29, 0.717) is 11.8 Å². The van der Waals surface area contributed by atoms with Crippen LogP contribution in [0.5, 0.6) is 0 Å². The van der Waals surface area contributed by atoms with Crippen molar-refractivity contribution in [2.75, 3.05) is 6.61 Å². The summed E-state index contributed by atoms with van der Waals surface area (Å²) in [4.78, 5) is 0. The first kappa shape index (κ1) is 12.2. The minimum Gasteiger partial charge on any atom is -0.390 e.